The molecule has 10 rings (SSSR count). The van der Waals surface area contributed by atoms with Gasteiger partial charge in [0.05, 0.1) is 0 Å². The van der Waals surface area contributed by atoms with Crippen LogP contribution in [0.3, 0.4) is 0 Å². The van der Waals surface area contributed by atoms with E-state index in [0.717, 1.165) is 0 Å². The molecule has 58 heavy (non-hydrogen) atoms. The summed E-state index contributed by atoms with van der Waals surface area (Å²) < 4.78 is 0. The normalized spacial score (nSPS) is 14.0. The predicted octanol–water partition coefficient (Wildman–Crippen LogP) is 16.4. The number of rotatable bonds is 10. The van der Waals surface area contributed by atoms with Crippen molar-refractivity contribution in [2.45, 2.75) is 78.1 Å². The Balaban J connectivity index is 0.000000231. The van der Waals surface area contributed by atoms with Gasteiger partial charge in [-0.1, -0.05) is 123 Å². The van der Waals surface area contributed by atoms with Crippen molar-refractivity contribution in [3.63, 3.8) is 0 Å². The second-order valence-electron chi connectivity index (χ2n) is 16.3. The first kappa shape index (κ1) is 47.4. The van der Waals surface area contributed by atoms with Crippen LogP contribution in [-0.2, 0) is 36.2 Å². The molecule has 2 aliphatic carbocycles. The van der Waals surface area contributed by atoms with Crippen molar-refractivity contribution in [1.82, 2.24) is 0 Å². The van der Waals surface area contributed by atoms with Gasteiger partial charge in [-0.15, -0.1) is 93.9 Å². The summed E-state index contributed by atoms with van der Waals surface area (Å²) in [5, 5.41) is 10.8. The maximum atomic E-state index is 3.06. The Kier molecular flexibility index (Phi) is 17.0. The molecule has 4 heteroatoms. The van der Waals surface area contributed by atoms with Gasteiger partial charge in [0.1, 0.15) is 0 Å². The van der Waals surface area contributed by atoms with Gasteiger partial charge in [-0.2, -0.15) is 12.1 Å². The third-order valence-corrected chi connectivity index (χ3v) is 12.4. The molecule has 8 aromatic rings. The fourth-order valence-electron chi connectivity index (χ4n) is 9.33. The molecule has 2 fully saturated rings. The molecule has 0 heterocycles. The van der Waals surface area contributed by atoms with E-state index in [1.807, 2.05) is 0 Å². The summed E-state index contributed by atoms with van der Waals surface area (Å²) in [5.74, 6) is 0. The fraction of sp³-hybridized carbons (Fsp3) is 0.259. The molecule has 0 amide bonds. The van der Waals surface area contributed by atoms with Crippen molar-refractivity contribution < 1.29 is 23.3 Å². The molecule has 0 bridgehead atoms. The monoisotopic (exact) mass is 894 g/mol. The van der Waals surface area contributed by atoms with Crippen molar-refractivity contribution in [2.75, 3.05) is 0 Å². The minimum atomic E-state index is 0. The van der Waals surface area contributed by atoms with Crippen LogP contribution in [0.15, 0.2) is 146 Å². The predicted molar refractivity (Wildman–Crippen MR) is 259 cm³/mol. The van der Waals surface area contributed by atoms with Gasteiger partial charge in [0.15, 0.2) is 0 Å². The zero-order valence-corrected chi connectivity index (χ0v) is 39.8. The number of hydrogen-bond acceptors (Lipinski definition) is 0. The Morgan fingerprint density at radius 3 is 1.22 bits per heavy atom. The molecule has 0 aliphatic heterocycles. The van der Waals surface area contributed by atoms with Crippen LogP contribution >= 0.6 is 24.8 Å². The number of halogens is 2. The topological polar surface area (TPSA) is 0 Å². The van der Waals surface area contributed by atoms with Crippen molar-refractivity contribution in [2.24, 2.45) is 10.8 Å². The summed E-state index contributed by atoms with van der Waals surface area (Å²) in [6, 6.07) is 54.2. The van der Waals surface area contributed by atoms with Crippen molar-refractivity contribution in [1.29, 1.82) is 0 Å². The summed E-state index contributed by atoms with van der Waals surface area (Å²) >= 11 is 1.36. The van der Waals surface area contributed by atoms with E-state index in [4.69, 9.17) is 0 Å². The average molecular weight is 897 g/mol. The summed E-state index contributed by atoms with van der Waals surface area (Å²) in [7, 11) is 0. The van der Waals surface area contributed by atoms with Gasteiger partial charge in [0, 0.05) is 0 Å². The molecule has 300 valence electrons. The van der Waals surface area contributed by atoms with Crippen LogP contribution in [0.25, 0.3) is 65.3 Å². The van der Waals surface area contributed by atoms with E-state index in [2.05, 4.69) is 166 Å². The molecule has 0 atom stereocenters. The van der Waals surface area contributed by atoms with Gasteiger partial charge < -0.3 is 14.9 Å². The molecular weight excluding hydrogens is 839 g/mol. The second-order valence-corrected chi connectivity index (χ2v) is 16.3. The Hall–Kier alpha value is -3.26. The fourth-order valence-corrected chi connectivity index (χ4v) is 9.33. The van der Waals surface area contributed by atoms with Gasteiger partial charge in [-0.3, -0.25) is 0 Å². The zero-order chi connectivity index (χ0) is 37.1. The van der Waals surface area contributed by atoms with Gasteiger partial charge in [0.25, 0.3) is 0 Å². The van der Waals surface area contributed by atoms with E-state index in [1.165, 1.54) is 164 Å². The molecule has 2 aliphatic rings. The van der Waals surface area contributed by atoms with Crippen LogP contribution < -0.4 is 0 Å². The summed E-state index contributed by atoms with van der Waals surface area (Å²) in [4.78, 5) is 0. The first-order valence-electron chi connectivity index (χ1n) is 20.1. The molecule has 0 aromatic heterocycles. The number of benzene rings is 6. The van der Waals surface area contributed by atoms with Crippen molar-refractivity contribution >= 4 is 74.8 Å². The van der Waals surface area contributed by atoms with E-state index < -0.39 is 0 Å². The first-order chi connectivity index (χ1) is 26.5. The van der Waals surface area contributed by atoms with E-state index in [9.17, 15) is 0 Å². The number of hydrogen-bond donors (Lipinski definition) is 0. The maximum absolute atomic E-state index is 3.06. The van der Waals surface area contributed by atoms with Crippen LogP contribution in [0.1, 0.15) is 76.3 Å². The molecular formula is C54H58Cl2SiZr-4. The molecule has 0 saturated heterocycles. The standard InChI is InChI=1S/2C26H25.2CH3.2ClH.Si.Zr/c2*1-2-12-26(13-14-26)18-19-15-22-8-5-9-24(25(22)16-19)23-11-10-20-6-3-4-7-21(20)17-23;;;;;;/h2*3-11,15-17H,2,12-14,18H2,1H3;2*1H3;2*1H;;/q4*-1;;;;. The summed E-state index contributed by atoms with van der Waals surface area (Å²) in [5.41, 5.74) is 9.64. The Morgan fingerprint density at radius 1 is 0.483 bits per heavy atom. The Morgan fingerprint density at radius 2 is 0.862 bits per heavy atom. The molecule has 2 radical (unpaired) electrons. The van der Waals surface area contributed by atoms with Crippen LogP contribution in [-0.4, -0.2) is 6.88 Å². The summed E-state index contributed by atoms with van der Waals surface area (Å²) in [6.45, 7) is 7.70. The average Bonchev–Trinajstić information content (AvgIpc) is 4.05. The quantitative estimate of drug-likeness (QED) is 0.0948. The first-order valence-corrected chi connectivity index (χ1v) is 24.3. The van der Waals surface area contributed by atoms with Gasteiger partial charge in [-0.25, -0.2) is 0 Å². The molecule has 0 spiro atoms. The Bertz CT molecular complexity index is 2370. The van der Waals surface area contributed by atoms with Gasteiger partial charge in [-0.05, 0) is 107 Å². The number of fused-ring (bicyclic) bond motifs is 4. The SMILES string of the molecule is CCCC1(Cc2cc3c(-c4ccc5ccccc5c4)cccc3[cH-]2)CC1.CCCC1(Cc2cc3c(-c4ccc5ccccc5c4)cccc3[cH-]2)CC1.Cl.Cl.[CH3-].[CH3-].[Si]=[Zr]. The molecule has 0 unspecified atom stereocenters. The van der Waals surface area contributed by atoms with Crippen LogP contribution in [0.5, 0.6) is 0 Å². The van der Waals surface area contributed by atoms with Crippen molar-refractivity contribution in [3.8, 4) is 22.3 Å². The second kappa shape index (κ2) is 20.8. The zero-order valence-electron chi connectivity index (χ0n) is 34.7. The molecule has 0 nitrogen and oxygen atoms in total. The van der Waals surface area contributed by atoms with E-state index in [1.54, 1.807) is 0 Å². The Labute approximate surface area is 378 Å². The van der Waals surface area contributed by atoms with Crippen molar-refractivity contribution in [3.05, 3.63) is 172 Å². The van der Waals surface area contributed by atoms with Crippen LogP contribution in [0.2, 0.25) is 0 Å². The van der Waals surface area contributed by atoms with E-state index in [-0.39, 0.29) is 39.7 Å². The van der Waals surface area contributed by atoms with E-state index >= 15 is 0 Å². The van der Waals surface area contributed by atoms with Crippen LogP contribution in [0, 0.1) is 25.7 Å². The third-order valence-electron chi connectivity index (χ3n) is 12.4. The third kappa shape index (κ3) is 10.4. The van der Waals surface area contributed by atoms with Gasteiger partial charge >= 0.3 is 30.2 Å². The van der Waals surface area contributed by atoms with Gasteiger partial charge in [0.2, 0.25) is 0 Å². The molecule has 8 aromatic carbocycles. The van der Waals surface area contributed by atoms with E-state index in [0.29, 0.717) is 10.8 Å². The summed E-state index contributed by atoms with van der Waals surface area (Å²) in [6.07, 6.45) is 13.6. The molecule has 2 saturated carbocycles. The minimum absolute atomic E-state index is 0. The van der Waals surface area contributed by atoms with Crippen LogP contribution in [0.4, 0.5) is 0 Å². The molecule has 0 N–H and O–H groups in total.